The topological polar surface area (TPSA) is 63.4 Å². The molecule has 1 heterocycles. The number of nitrogens with zero attached hydrogens (tertiary/aromatic N) is 1. The smallest absolute Gasteiger partial charge is 0.253 e. The molecule has 1 amide bonds. The van der Waals surface area contributed by atoms with E-state index in [1.54, 1.807) is 13.0 Å². The molecule has 1 fully saturated rings. The molecule has 0 aliphatic carbocycles. The number of Topliss-reactive ketones (excluding diaryl/α,β-unsaturated/α-hetero) is 1. The number of anilines is 1. The molecule has 0 unspecified atom stereocenters. The second-order valence-electron chi connectivity index (χ2n) is 10.5. The molecule has 1 aliphatic rings. The Morgan fingerprint density at radius 2 is 1.45 bits per heavy atom. The highest BCUT2D eigenvalue weighted by Gasteiger charge is 2.41. The van der Waals surface area contributed by atoms with Crippen LogP contribution in [0.25, 0.3) is 11.1 Å². The molecule has 1 saturated heterocycles. The molecule has 0 saturated carbocycles. The maximum absolute atomic E-state index is 13.0. The zero-order valence-corrected chi connectivity index (χ0v) is 24.3. The average molecular weight is 535 g/mol. The van der Waals surface area contributed by atoms with Gasteiger partial charge in [-0.2, -0.15) is 0 Å². The van der Waals surface area contributed by atoms with E-state index in [1.165, 1.54) is 5.57 Å². The van der Waals surface area contributed by atoms with Crippen LogP contribution < -0.4 is 5.73 Å². The second-order valence-corrected chi connectivity index (χ2v) is 10.5. The standard InChI is InChI=1S/C26H26N2O2.C10H16/c1-19(29)26(23-5-3-2-4-6-23)15-17-28(18-16-26)25(30)22-9-7-20(8-10-22)21-11-13-24(27)14-12-21;1-5-7-8-10(6-2)9(3)4/h2-14H,15-18,27H2,1H3;5-9H,1H2,2-4H3/b;8-7-,10-6+. The third-order valence-electron chi connectivity index (χ3n) is 7.71. The predicted molar refractivity (Wildman–Crippen MR) is 168 cm³/mol. The van der Waals surface area contributed by atoms with Crippen LogP contribution in [0.1, 0.15) is 56.5 Å². The first-order chi connectivity index (χ1) is 19.2. The zero-order chi connectivity index (χ0) is 29.1. The molecule has 0 aromatic heterocycles. The average Bonchev–Trinajstić information content (AvgIpc) is 2.98. The molecule has 1 aliphatic heterocycles. The first kappa shape index (κ1) is 30.4. The minimum Gasteiger partial charge on any atom is -0.399 e. The van der Waals surface area contributed by atoms with E-state index in [1.807, 2.05) is 89.8 Å². The molecule has 0 atom stereocenters. The van der Waals surface area contributed by atoms with Crippen LogP contribution in [0.3, 0.4) is 0 Å². The summed E-state index contributed by atoms with van der Waals surface area (Å²) in [6.07, 6.45) is 9.30. The summed E-state index contributed by atoms with van der Waals surface area (Å²) in [6, 6.07) is 25.3. The normalized spacial score (nSPS) is 14.9. The quantitative estimate of drug-likeness (QED) is 0.246. The Balaban J connectivity index is 0.000000378. The summed E-state index contributed by atoms with van der Waals surface area (Å²) in [6.45, 7) is 12.9. The molecule has 4 rings (SSSR count). The van der Waals surface area contributed by atoms with Gasteiger partial charge in [0.2, 0.25) is 0 Å². The van der Waals surface area contributed by atoms with Gasteiger partial charge in [0.05, 0.1) is 5.41 Å². The molecule has 0 radical (unpaired) electrons. The Morgan fingerprint density at radius 3 is 1.93 bits per heavy atom. The molecule has 3 aromatic carbocycles. The summed E-state index contributed by atoms with van der Waals surface area (Å²) in [7, 11) is 0. The molecule has 0 bridgehead atoms. The second kappa shape index (κ2) is 14.3. The van der Waals surface area contributed by atoms with Gasteiger partial charge in [0.1, 0.15) is 5.78 Å². The number of piperidine rings is 1. The van der Waals surface area contributed by atoms with Gasteiger partial charge in [-0.15, -0.1) is 0 Å². The van der Waals surface area contributed by atoms with Crippen molar-refractivity contribution in [1.82, 2.24) is 4.90 Å². The van der Waals surface area contributed by atoms with E-state index in [-0.39, 0.29) is 11.7 Å². The summed E-state index contributed by atoms with van der Waals surface area (Å²) in [4.78, 5) is 27.4. The SMILES string of the molecule is C=C/C=C\C(=C/C)C(C)C.CC(=O)C1(c2ccccc2)CCN(C(=O)c2ccc(-c3ccc(N)cc3)cc2)CC1. The fraction of sp³-hybridized carbons (Fsp3) is 0.278. The first-order valence-electron chi connectivity index (χ1n) is 14.0. The van der Waals surface area contributed by atoms with Crippen LogP contribution in [0, 0.1) is 5.92 Å². The fourth-order valence-corrected chi connectivity index (χ4v) is 5.16. The number of carbonyl (C=O) groups excluding carboxylic acids is 2. The van der Waals surface area contributed by atoms with Gasteiger partial charge in [0, 0.05) is 24.3 Å². The lowest BCUT2D eigenvalue weighted by Gasteiger charge is -2.40. The van der Waals surface area contributed by atoms with Gasteiger partial charge in [0.15, 0.2) is 0 Å². The first-order valence-corrected chi connectivity index (χ1v) is 14.0. The lowest BCUT2D eigenvalue weighted by Crippen LogP contribution is -2.48. The molecule has 3 aromatic rings. The van der Waals surface area contributed by atoms with Crippen molar-refractivity contribution in [3.05, 3.63) is 126 Å². The van der Waals surface area contributed by atoms with Crippen LogP contribution >= 0.6 is 0 Å². The van der Waals surface area contributed by atoms with Crippen LogP contribution in [-0.4, -0.2) is 29.7 Å². The van der Waals surface area contributed by atoms with Crippen molar-refractivity contribution in [2.45, 2.75) is 46.0 Å². The number of amides is 1. The molecular weight excluding hydrogens is 492 g/mol. The van der Waals surface area contributed by atoms with Crippen LogP contribution in [0.4, 0.5) is 5.69 Å². The van der Waals surface area contributed by atoms with Crippen molar-refractivity contribution in [2.75, 3.05) is 18.8 Å². The summed E-state index contributed by atoms with van der Waals surface area (Å²) >= 11 is 0. The highest BCUT2D eigenvalue weighted by molar-refractivity contribution is 5.95. The van der Waals surface area contributed by atoms with E-state index in [4.69, 9.17) is 5.73 Å². The van der Waals surface area contributed by atoms with Gasteiger partial charge < -0.3 is 10.6 Å². The number of nitrogens with two attached hydrogens (primary N) is 1. The lowest BCUT2D eigenvalue weighted by molar-refractivity contribution is -0.124. The van der Waals surface area contributed by atoms with Crippen LogP contribution in [0.2, 0.25) is 0 Å². The van der Waals surface area contributed by atoms with Crippen molar-refractivity contribution in [3.63, 3.8) is 0 Å². The van der Waals surface area contributed by atoms with Crippen molar-refractivity contribution in [1.29, 1.82) is 0 Å². The van der Waals surface area contributed by atoms with Crippen molar-refractivity contribution < 1.29 is 9.59 Å². The van der Waals surface area contributed by atoms with E-state index >= 15 is 0 Å². The van der Waals surface area contributed by atoms with Crippen molar-refractivity contribution in [2.24, 2.45) is 5.92 Å². The fourth-order valence-electron chi connectivity index (χ4n) is 5.16. The summed E-state index contributed by atoms with van der Waals surface area (Å²) in [5.74, 6) is 0.805. The molecule has 208 valence electrons. The Bertz CT molecular complexity index is 1330. The third kappa shape index (κ3) is 7.47. The number of likely N-dealkylation sites (tertiary alicyclic amines) is 1. The van der Waals surface area contributed by atoms with Crippen molar-refractivity contribution in [3.8, 4) is 11.1 Å². The van der Waals surface area contributed by atoms with Gasteiger partial charge in [-0.05, 0) is 79.1 Å². The lowest BCUT2D eigenvalue weighted by atomic mass is 9.70. The van der Waals surface area contributed by atoms with E-state index < -0.39 is 5.41 Å². The summed E-state index contributed by atoms with van der Waals surface area (Å²) in [5, 5.41) is 0. The maximum Gasteiger partial charge on any atom is 0.253 e. The highest BCUT2D eigenvalue weighted by Crippen LogP contribution is 2.37. The Morgan fingerprint density at radius 1 is 0.900 bits per heavy atom. The Hall–Kier alpha value is -4.18. The zero-order valence-electron chi connectivity index (χ0n) is 24.3. The maximum atomic E-state index is 13.0. The number of hydrogen-bond donors (Lipinski definition) is 1. The van der Waals surface area contributed by atoms with Crippen molar-refractivity contribution >= 4 is 17.4 Å². The Labute approximate surface area is 239 Å². The molecule has 0 spiro atoms. The van der Waals surface area contributed by atoms with Gasteiger partial charge in [-0.25, -0.2) is 0 Å². The van der Waals surface area contributed by atoms with Crippen LogP contribution in [0.15, 0.2) is 115 Å². The highest BCUT2D eigenvalue weighted by atomic mass is 16.2. The minimum atomic E-state index is -0.489. The van der Waals surface area contributed by atoms with Gasteiger partial charge in [0.25, 0.3) is 5.91 Å². The van der Waals surface area contributed by atoms with E-state index in [9.17, 15) is 9.59 Å². The number of carbonyl (C=O) groups is 2. The van der Waals surface area contributed by atoms with E-state index in [2.05, 4.69) is 39.5 Å². The Kier molecular flexibility index (Phi) is 10.8. The minimum absolute atomic E-state index is 0.0177. The van der Waals surface area contributed by atoms with Gasteiger partial charge >= 0.3 is 0 Å². The number of ketones is 1. The summed E-state index contributed by atoms with van der Waals surface area (Å²) in [5.41, 5.74) is 11.2. The van der Waals surface area contributed by atoms with Gasteiger partial charge in [-0.1, -0.05) is 99.3 Å². The predicted octanol–water partition coefficient (Wildman–Crippen LogP) is 8.03. The number of nitrogen functional groups attached to an aromatic ring is 1. The number of rotatable bonds is 7. The van der Waals surface area contributed by atoms with E-state index in [0.29, 0.717) is 37.4 Å². The molecule has 2 N–H and O–H groups in total. The number of allylic oxidation sites excluding steroid dienone is 5. The van der Waals surface area contributed by atoms with Gasteiger partial charge in [-0.3, -0.25) is 9.59 Å². The van der Waals surface area contributed by atoms with Crippen LogP contribution in [0.5, 0.6) is 0 Å². The molecule has 40 heavy (non-hydrogen) atoms. The largest absolute Gasteiger partial charge is 0.399 e. The van der Waals surface area contributed by atoms with Crippen LogP contribution in [-0.2, 0) is 10.2 Å². The number of benzene rings is 3. The summed E-state index contributed by atoms with van der Waals surface area (Å²) < 4.78 is 0. The van der Waals surface area contributed by atoms with E-state index in [0.717, 1.165) is 22.4 Å². The third-order valence-corrected chi connectivity index (χ3v) is 7.71. The monoisotopic (exact) mass is 534 g/mol. The number of hydrogen-bond acceptors (Lipinski definition) is 3. The molecular formula is C36H42N2O2. The molecule has 4 heteroatoms. The molecule has 4 nitrogen and oxygen atoms in total.